The Hall–Kier alpha value is -2.01. The number of aromatic nitrogens is 1. The predicted octanol–water partition coefficient (Wildman–Crippen LogP) is 2.40. The second-order valence-corrected chi connectivity index (χ2v) is 3.69. The van der Waals surface area contributed by atoms with Crippen molar-refractivity contribution in [2.45, 2.75) is 13.2 Å². The lowest BCUT2D eigenvalue weighted by molar-refractivity contribution is 0.298. The maximum absolute atomic E-state index is 12.9. The molecular weight excluding hydrogens is 238 g/mol. The number of hydrogen-bond donors (Lipinski definition) is 1. The van der Waals surface area contributed by atoms with E-state index >= 15 is 0 Å². The van der Waals surface area contributed by atoms with Crippen LogP contribution in [0.3, 0.4) is 0 Å². The van der Waals surface area contributed by atoms with E-state index in [4.69, 9.17) is 10.5 Å². The van der Waals surface area contributed by atoms with Crippen molar-refractivity contribution in [1.29, 1.82) is 0 Å². The second-order valence-electron chi connectivity index (χ2n) is 3.69. The Bertz CT molecular complexity index is 546. The molecule has 2 aromatic rings. The summed E-state index contributed by atoms with van der Waals surface area (Å²) in [6.07, 6.45) is 0. The number of nitrogens with two attached hydrogens (primary N) is 1. The van der Waals surface area contributed by atoms with E-state index in [-0.39, 0.29) is 12.4 Å². The summed E-state index contributed by atoms with van der Waals surface area (Å²) in [7, 11) is 0. The fourth-order valence-electron chi connectivity index (χ4n) is 1.45. The summed E-state index contributed by atoms with van der Waals surface area (Å²) in [6.45, 7) is 0.526. The minimum absolute atomic E-state index is 0.179. The molecule has 5 heteroatoms. The van der Waals surface area contributed by atoms with Crippen molar-refractivity contribution >= 4 is 0 Å². The van der Waals surface area contributed by atoms with Gasteiger partial charge in [0.05, 0.1) is 11.4 Å². The number of hydrogen-bond acceptors (Lipinski definition) is 3. The minimum atomic E-state index is -0.934. The van der Waals surface area contributed by atoms with Crippen LogP contribution in [0.4, 0.5) is 8.78 Å². The third kappa shape index (κ3) is 3.01. The van der Waals surface area contributed by atoms with Crippen LogP contribution in [0.1, 0.15) is 11.4 Å². The highest BCUT2D eigenvalue weighted by molar-refractivity contribution is 5.24. The molecular formula is C13H12F2N2O. The lowest BCUT2D eigenvalue weighted by Gasteiger charge is -2.07. The number of benzene rings is 1. The van der Waals surface area contributed by atoms with Gasteiger partial charge in [0.1, 0.15) is 12.4 Å². The summed E-state index contributed by atoms with van der Waals surface area (Å²) in [6, 6.07) is 8.79. The predicted molar refractivity (Wildman–Crippen MR) is 62.8 cm³/mol. The summed E-state index contributed by atoms with van der Waals surface area (Å²) >= 11 is 0. The van der Waals surface area contributed by atoms with Crippen molar-refractivity contribution in [1.82, 2.24) is 4.98 Å². The topological polar surface area (TPSA) is 48.1 Å². The molecule has 0 radical (unpaired) electrons. The van der Waals surface area contributed by atoms with Crippen LogP contribution in [0.2, 0.25) is 0 Å². The van der Waals surface area contributed by atoms with Crippen LogP contribution < -0.4 is 10.5 Å². The number of rotatable bonds is 4. The Morgan fingerprint density at radius 2 is 1.83 bits per heavy atom. The molecule has 0 atom stereocenters. The lowest BCUT2D eigenvalue weighted by atomic mass is 10.3. The summed E-state index contributed by atoms with van der Waals surface area (Å²) in [5.74, 6) is -1.57. The molecule has 2 N–H and O–H groups in total. The van der Waals surface area contributed by atoms with E-state index in [1.54, 1.807) is 12.1 Å². The van der Waals surface area contributed by atoms with Gasteiger partial charge >= 0.3 is 0 Å². The maximum atomic E-state index is 12.9. The van der Waals surface area contributed by atoms with E-state index in [9.17, 15) is 8.78 Å². The highest BCUT2D eigenvalue weighted by Crippen LogP contribution is 2.16. The molecule has 0 saturated carbocycles. The average molecular weight is 250 g/mol. The van der Waals surface area contributed by atoms with Gasteiger partial charge in [-0.25, -0.2) is 8.78 Å². The molecule has 0 unspecified atom stereocenters. The van der Waals surface area contributed by atoms with E-state index in [0.717, 1.165) is 17.8 Å². The van der Waals surface area contributed by atoms with Gasteiger partial charge in [0.2, 0.25) is 0 Å². The molecule has 18 heavy (non-hydrogen) atoms. The van der Waals surface area contributed by atoms with Crippen molar-refractivity contribution in [3.63, 3.8) is 0 Å². The first kappa shape index (κ1) is 12.4. The molecule has 3 nitrogen and oxygen atoms in total. The van der Waals surface area contributed by atoms with Crippen molar-refractivity contribution in [3.8, 4) is 5.75 Å². The molecule has 94 valence electrons. The molecule has 1 heterocycles. The van der Waals surface area contributed by atoms with Crippen LogP contribution >= 0.6 is 0 Å². The van der Waals surface area contributed by atoms with Gasteiger partial charge in [0.25, 0.3) is 0 Å². The van der Waals surface area contributed by atoms with Gasteiger partial charge in [0.15, 0.2) is 11.6 Å². The maximum Gasteiger partial charge on any atom is 0.162 e. The average Bonchev–Trinajstić information content (AvgIpc) is 2.40. The van der Waals surface area contributed by atoms with Crippen molar-refractivity contribution in [2.24, 2.45) is 5.73 Å². The first-order valence-electron chi connectivity index (χ1n) is 5.42. The molecule has 0 spiro atoms. The quantitative estimate of drug-likeness (QED) is 0.906. The monoisotopic (exact) mass is 250 g/mol. The molecule has 0 saturated heterocycles. The molecule has 2 rings (SSSR count). The third-order valence-corrected chi connectivity index (χ3v) is 2.35. The summed E-state index contributed by atoms with van der Waals surface area (Å²) in [5.41, 5.74) is 6.90. The van der Waals surface area contributed by atoms with E-state index in [0.29, 0.717) is 12.2 Å². The molecule has 0 aliphatic heterocycles. The summed E-state index contributed by atoms with van der Waals surface area (Å²) in [4.78, 5) is 4.23. The zero-order valence-corrected chi connectivity index (χ0v) is 9.57. The SMILES string of the molecule is NCc1cccc(COc2ccc(F)c(F)c2)n1. The Morgan fingerprint density at radius 3 is 2.56 bits per heavy atom. The third-order valence-electron chi connectivity index (χ3n) is 2.35. The first-order valence-corrected chi connectivity index (χ1v) is 5.42. The van der Waals surface area contributed by atoms with Gasteiger partial charge in [-0.05, 0) is 24.3 Å². The summed E-state index contributed by atoms with van der Waals surface area (Å²) < 4.78 is 31.0. The molecule has 0 fully saturated rings. The van der Waals surface area contributed by atoms with Gasteiger partial charge in [-0.1, -0.05) is 6.07 Å². The zero-order chi connectivity index (χ0) is 13.0. The number of halogens is 2. The normalized spacial score (nSPS) is 10.4. The Balaban J connectivity index is 2.04. The van der Waals surface area contributed by atoms with Gasteiger partial charge < -0.3 is 10.5 Å². The van der Waals surface area contributed by atoms with Crippen LogP contribution in [0, 0.1) is 11.6 Å². The highest BCUT2D eigenvalue weighted by atomic mass is 19.2. The van der Waals surface area contributed by atoms with E-state index in [1.807, 2.05) is 6.07 Å². The largest absolute Gasteiger partial charge is 0.487 e. The molecule has 1 aromatic heterocycles. The van der Waals surface area contributed by atoms with E-state index < -0.39 is 11.6 Å². The first-order chi connectivity index (χ1) is 8.69. The number of ether oxygens (including phenoxy) is 1. The van der Waals surface area contributed by atoms with Gasteiger partial charge in [-0.3, -0.25) is 4.98 Å². The van der Waals surface area contributed by atoms with Crippen LogP contribution in [-0.4, -0.2) is 4.98 Å². The molecule has 0 aliphatic carbocycles. The van der Waals surface area contributed by atoms with Gasteiger partial charge in [0, 0.05) is 12.6 Å². The fourth-order valence-corrected chi connectivity index (χ4v) is 1.45. The smallest absolute Gasteiger partial charge is 0.162 e. The zero-order valence-electron chi connectivity index (χ0n) is 9.57. The lowest BCUT2D eigenvalue weighted by Crippen LogP contribution is -2.04. The number of pyridine rings is 1. The van der Waals surface area contributed by atoms with Crippen molar-refractivity contribution in [2.75, 3.05) is 0 Å². The van der Waals surface area contributed by atoms with Crippen LogP contribution in [-0.2, 0) is 13.2 Å². The summed E-state index contributed by atoms with van der Waals surface area (Å²) in [5, 5.41) is 0. The van der Waals surface area contributed by atoms with Crippen molar-refractivity contribution < 1.29 is 13.5 Å². The van der Waals surface area contributed by atoms with Crippen LogP contribution in [0.25, 0.3) is 0 Å². The minimum Gasteiger partial charge on any atom is -0.487 e. The Kier molecular flexibility index (Phi) is 3.84. The molecule has 0 amide bonds. The molecule has 0 bridgehead atoms. The second kappa shape index (κ2) is 5.55. The van der Waals surface area contributed by atoms with Crippen molar-refractivity contribution in [3.05, 3.63) is 59.4 Å². The van der Waals surface area contributed by atoms with Gasteiger partial charge in [-0.2, -0.15) is 0 Å². The van der Waals surface area contributed by atoms with Crippen LogP contribution in [0.15, 0.2) is 36.4 Å². The highest BCUT2D eigenvalue weighted by Gasteiger charge is 2.04. The Labute approximate surface area is 103 Å². The van der Waals surface area contributed by atoms with E-state index in [2.05, 4.69) is 4.98 Å². The molecule has 0 aliphatic rings. The van der Waals surface area contributed by atoms with E-state index in [1.165, 1.54) is 6.07 Å². The van der Waals surface area contributed by atoms with Gasteiger partial charge in [-0.15, -0.1) is 0 Å². The molecule has 1 aromatic carbocycles. The fraction of sp³-hybridized carbons (Fsp3) is 0.154. The standard InChI is InChI=1S/C13H12F2N2O/c14-12-5-4-11(6-13(12)15)18-8-10-3-1-2-9(7-16)17-10/h1-6H,7-8,16H2. The van der Waals surface area contributed by atoms with Crippen LogP contribution in [0.5, 0.6) is 5.75 Å². The Morgan fingerprint density at radius 1 is 1.06 bits per heavy atom. The number of nitrogens with zero attached hydrogens (tertiary/aromatic N) is 1.